The summed E-state index contributed by atoms with van der Waals surface area (Å²) in [5.74, 6) is 0. The Morgan fingerprint density at radius 3 is 2.25 bits per heavy atom. The van der Waals surface area contributed by atoms with E-state index in [-0.39, 0.29) is 0 Å². The van der Waals surface area contributed by atoms with Crippen LogP contribution in [-0.4, -0.2) is 5.43 Å². The second kappa shape index (κ2) is 4.36. The zero-order valence-electron chi connectivity index (χ0n) is 1.81. The van der Waals surface area contributed by atoms with Crippen LogP contribution in [0.2, 0.25) is 0 Å². The van der Waals surface area contributed by atoms with E-state index in [1.165, 1.54) is 0 Å². The Balaban J connectivity index is 2.55. The van der Waals surface area contributed by atoms with Crippen LogP contribution in [-0.2, 0) is 8.36 Å². The summed E-state index contributed by atoms with van der Waals surface area (Å²) in [5.41, 5.74) is 1.72. The van der Waals surface area contributed by atoms with Gasteiger partial charge in [0.15, 0.2) is 0 Å². The predicted octanol–water partition coefficient (Wildman–Crippen LogP) is 0.883. The van der Waals surface area contributed by atoms with Gasteiger partial charge in [-0.1, -0.05) is 0 Å². The van der Waals surface area contributed by atoms with Crippen LogP contribution in [0, 0.1) is 0 Å². The van der Waals surface area contributed by atoms with Crippen LogP contribution in [0.3, 0.4) is 0 Å². The van der Waals surface area contributed by atoms with Gasteiger partial charge in [-0.2, -0.15) is 0 Å². The monoisotopic (exact) mass is 203 g/mol. The van der Waals surface area contributed by atoms with Crippen molar-refractivity contribution in [2.24, 2.45) is 0 Å². The molecule has 0 aliphatic carbocycles. The minimum absolute atomic E-state index is 1.57. The first-order valence-corrected chi connectivity index (χ1v) is 4.59. The molecule has 0 spiro atoms. The van der Waals surface area contributed by atoms with Gasteiger partial charge in [-0.15, -0.1) is 0 Å². The molecule has 22 valence electrons. The summed E-state index contributed by atoms with van der Waals surface area (Å²) in [6.07, 6.45) is 0. The molecule has 0 heterocycles. The Hall–Kier alpha value is 1.36. The molecule has 0 aromatic rings. The quantitative estimate of drug-likeness (QED) is 0.257. The summed E-state index contributed by atoms with van der Waals surface area (Å²) in [4.78, 5) is 0. The minimum atomic E-state index is 1.57. The van der Waals surface area contributed by atoms with E-state index >= 15 is 0 Å². The van der Waals surface area contributed by atoms with Crippen molar-refractivity contribution in [2.75, 3.05) is 0 Å². The van der Waals surface area contributed by atoms with Crippen molar-refractivity contribution in [2.45, 2.75) is 0 Å². The number of halogens is 1. The molecule has 0 rings (SSSR count). The maximum atomic E-state index is 3.75. The van der Waals surface area contributed by atoms with Gasteiger partial charge in [0.1, 0.15) is 0 Å². The molecule has 0 aliphatic rings. The van der Waals surface area contributed by atoms with E-state index < -0.39 is 0 Å². The third kappa shape index (κ3) is 3.36. The summed E-state index contributed by atoms with van der Waals surface area (Å²) in [6.45, 7) is 0. The number of hydrogen-bond donors (Lipinski definition) is 1. The van der Waals surface area contributed by atoms with Gasteiger partial charge in [0.2, 0.25) is 0 Å². The van der Waals surface area contributed by atoms with Crippen molar-refractivity contribution in [3.63, 3.8) is 0 Å². The summed E-state index contributed by atoms with van der Waals surface area (Å²) in [5, 5.41) is 0. The fraction of sp³-hybridized carbons (Fsp3) is 0. The number of rotatable bonds is 0. The van der Waals surface area contributed by atoms with Gasteiger partial charge in [-0.3, -0.25) is 0 Å². The van der Waals surface area contributed by atoms with E-state index in [1.807, 2.05) is 0 Å². The molecule has 0 saturated heterocycles. The van der Waals surface area contributed by atoms with Crippen LogP contribution in [0.4, 0.5) is 0 Å². The van der Waals surface area contributed by atoms with E-state index in [0.29, 0.717) is 0 Å². The van der Waals surface area contributed by atoms with E-state index in [9.17, 15) is 0 Å². The summed E-state index contributed by atoms with van der Waals surface area (Å²) in [6, 6.07) is 0. The van der Waals surface area contributed by atoms with E-state index in [2.05, 4.69) is 33.7 Å². The zero-order valence-corrected chi connectivity index (χ0v) is 5.68. The van der Waals surface area contributed by atoms with Crippen molar-refractivity contribution < 1.29 is 0 Å². The second-order valence-electron chi connectivity index (χ2n) is 0.194. The van der Waals surface area contributed by atoms with E-state index in [0.717, 1.165) is 0 Å². The Labute approximate surface area is 47.3 Å². The van der Waals surface area contributed by atoms with Crippen LogP contribution < -0.4 is 0 Å². The fourth-order valence-corrected chi connectivity index (χ4v) is 0. The predicted molar refractivity (Wildman–Crippen MR) is 36.1 cm³/mol. The van der Waals surface area contributed by atoms with Gasteiger partial charge in [0, 0.05) is 0 Å². The molecule has 0 aromatic carbocycles. The van der Waals surface area contributed by atoms with Crippen molar-refractivity contribution >= 4 is 47.5 Å². The van der Waals surface area contributed by atoms with Crippen LogP contribution in [0.1, 0.15) is 0 Å². The average Bonchev–Trinajstić information content (AvgIpc) is 1.37. The Kier molecular flexibility index (Phi) is 5.85. The first-order valence-electron chi connectivity index (χ1n) is 0.648. The summed E-state index contributed by atoms with van der Waals surface area (Å²) in [7, 11) is 1.57. The van der Waals surface area contributed by atoms with Gasteiger partial charge in [0.25, 0.3) is 0 Å². The van der Waals surface area contributed by atoms with Gasteiger partial charge in [-0.25, -0.2) is 0 Å². The zero-order chi connectivity index (χ0) is 3.41. The van der Waals surface area contributed by atoms with Crippen LogP contribution in [0.15, 0.2) is 0 Å². The number of thiol groups is 1. The van der Waals surface area contributed by atoms with Crippen molar-refractivity contribution in [3.05, 3.63) is 0 Å². The molecule has 0 amide bonds. The molecule has 0 bridgehead atoms. The van der Waals surface area contributed by atoms with Gasteiger partial charge < -0.3 is 0 Å². The van der Waals surface area contributed by atoms with Crippen LogP contribution in [0.5, 0.6) is 0 Å². The van der Waals surface area contributed by atoms with Crippen LogP contribution in [0.25, 0.3) is 0 Å². The molecule has 0 radical (unpaired) electrons. The standard InChI is InChI=1S/BHIS2/c2-4-1-3/h3H/q+1. The fourth-order valence-electron chi connectivity index (χ4n) is 0. The maximum absolute atomic E-state index is 3.75. The SMILES string of the molecule is SB=[S+]I. The number of hydrogen-bond acceptors (Lipinski definition) is 0. The molecule has 0 nitrogen and oxygen atoms in total. The molecule has 0 aliphatic heterocycles. The van der Waals surface area contributed by atoms with Gasteiger partial charge >= 0.3 is 47.5 Å². The van der Waals surface area contributed by atoms with Crippen molar-refractivity contribution in [1.29, 1.82) is 0 Å². The van der Waals surface area contributed by atoms with Gasteiger partial charge in [0.05, 0.1) is 0 Å². The topological polar surface area (TPSA) is 0 Å². The van der Waals surface area contributed by atoms with Crippen molar-refractivity contribution in [3.8, 4) is 0 Å². The molecular formula is HBIS2+. The molecular weight excluding hydrogens is 202 g/mol. The summed E-state index contributed by atoms with van der Waals surface area (Å²) < 4.78 is 0. The molecule has 0 atom stereocenters. The first-order chi connectivity index (χ1) is 1.91. The van der Waals surface area contributed by atoms with E-state index in [4.69, 9.17) is 0 Å². The molecule has 0 aromatic heterocycles. The molecule has 0 saturated carbocycles. The second-order valence-corrected chi connectivity index (χ2v) is 2.74. The molecule has 4 heavy (non-hydrogen) atoms. The van der Waals surface area contributed by atoms with E-state index in [1.54, 1.807) is 13.8 Å². The molecule has 0 unspecified atom stereocenters. The normalized spacial score (nSPS) is 7.50. The Morgan fingerprint density at radius 1 is 2.00 bits per heavy atom. The van der Waals surface area contributed by atoms with Crippen LogP contribution >= 0.6 is 33.7 Å². The average molecular weight is 203 g/mol. The molecule has 4 heteroatoms. The molecule has 0 fully saturated rings. The molecule has 0 N–H and O–H groups in total. The first kappa shape index (κ1) is 5.36. The Bertz CT molecular complexity index is 21.2. The summed E-state index contributed by atoms with van der Waals surface area (Å²) >= 11 is 5.89. The third-order valence-electron chi connectivity index (χ3n) is 0.0398. The van der Waals surface area contributed by atoms with Crippen molar-refractivity contribution in [1.82, 2.24) is 0 Å². The Morgan fingerprint density at radius 2 is 2.25 bits per heavy atom. The van der Waals surface area contributed by atoms with Gasteiger partial charge in [-0.05, 0) is 0 Å². The third-order valence-corrected chi connectivity index (χ3v) is 2.41.